The molecule has 3 aliphatic heterocycles. The summed E-state index contributed by atoms with van der Waals surface area (Å²) in [4.78, 5) is 48.4. The van der Waals surface area contributed by atoms with Crippen LogP contribution in [-0.4, -0.2) is 95.0 Å². The number of nitrogens with zero attached hydrogens (tertiary/aromatic N) is 2. The summed E-state index contributed by atoms with van der Waals surface area (Å²) in [7, 11) is 2.86. The number of halogens is 1. The maximum atomic E-state index is 11.7. The lowest BCUT2D eigenvalue weighted by atomic mass is 9.86. The molecule has 1 amide bonds. The van der Waals surface area contributed by atoms with Crippen molar-refractivity contribution in [2.45, 2.75) is 89.6 Å². The summed E-state index contributed by atoms with van der Waals surface area (Å²) in [6, 6.07) is 10.2. The van der Waals surface area contributed by atoms with Crippen LogP contribution < -0.4 is 5.32 Å². The van der Waals surface area contributed by atoms with Crippen LogP contribution in [0, 0.1) is 0 Å². The van der Waals surface area contributed by atoms with Crippen molar-refractivity contribution in [2.24, 2.45) is 0 Å². The summed E-state index contributed by atoms with van der Waals surface area (Å²) < 4.78 is 14.5. The Morgan fingerprint density at radius 2 is 1.44 bits per heavy atom. The predicted molar refractivity (Wildman–Crippen MR) is 156 cm³/mol. The number of ether oxygens (including phenoxy) is 3. The van der Waals surface area contributed by atoms with Gasteiger partial charge in [-0.2, -0.15) is 0 Å². The number of esters is 2. The van der Waals surface area contributed by atoms with Crippen LogP contribution >= 0.6 is 12.4 Å². The Morgan fingerprint density at radius 1 is 0.902 bits per heavy atom. The second kappa shape index (κ2) is 14.3. The molecule has 4 rings (SSSR count). The van der Waals surface area contributed by atoms with E-state index >= 15 is 0 Å². The number of methoxy groups -OCH3 is 2. The average Bonchev–Trinajstić information content (AvgIpc) is 2.87. The molecule has 0 bridgehead atoms. The number of carbonyl (C=O) groups is 4. The topological polar surface area (TPSA) is 135 Å². The van der Waals surface area contributed by atoms with Gasteiger partial charge in [0, 0.05) is 19.6 Å². The molecule has 0 aliphatic carbocycles. The molecule has 12 heteroatoms. The van der Waals surface area contributed by atoms with Crippen LogP contribution in [-0.2, 0) is 35.1 Å². The normalized spacial score (nSPS) is 26.4. The van der Waals surface area contributed by atoms with Gasteiger partial charge >= 0.3 is 24.0 Å². The summed E-state index contributed by atoms with van der Waals surface area (Å²) >= 11 is 0. The van der Waals surface area contributed by atoms with Gasteiger partial charge in [0.1, 0.15) is 22.2 Å². The van der Waals surface area contributed by atoms with Crippen molar-refractivity contribution < 1.29 is 38.5 Å². The average molecular weight is 600 g/mol. The largest absolute Gasteiger partial charge is 0.480 e. The molecule has 0 spiro atoms. The highest BCUT2D eigenvalue weighted by Crippen LogP contribution is 2.33. The number of rotatable bonds is 5. The van der Waals surface area contributed by atoms with E-state index in [1.54, 1.807) is 20.8 Å². The molecule has 3 saturated heterocycles. The Labute approximate surface area is 249 Å². The van der Waals surface area contributed by atoms with Crippen molar-refractivity contribution in [2.75, 3.05) is 33.9 Å². The van der Waals surface area contributed by atoms with Crippen molar-refractivity contribution in [3.05, 3.63) is 35.9 Å². The van der Waals surface area contributed by atoms with E-state index in [-0.39, 0.29) is 29.9 Å². The van der Waals surface area contributed by atoms with E-state index in [4.69, 9.17) is 14.6 Å². The Kier molecular flexibility index (Phi) is 12.6. The summed E-state index contributed by atoms with van der Waals surface area (Å²) in [5.74, 6) is -1.27. The molecule has 0 radical (unpaired) electrons. The fraction of sp³-hybridized carbons (Fsp3) is 0.655. The third-order valence-corrected chi connectivity index (χ3v) is 7.68. The molecular formula is C29H46ClN3O8. The van der Waals surface area contributed by atoms with E-state index in [0.29, 0.717) is 13.0 Å². The summed E-state index contributed by atoms with van der Waals surface area (Å²) in [5, 5.41) is 12.0. The molecule has 2 N–H and O–H groups in total. The van der Waals surface area contributed by atoms with Crippen molar-refractivity contribution in [3.63, 3.8) is 0 Å². The van der Waals surface area contributed by atoms with Crippen molar-refractivity contribution in [1.82, 2.24) is 15.1 Å². The SMILES string of the molecule is CC(C)(C)OC(=O)N1CC[C@]1(C)C(=O)O.COC(=O)[C@@]1(C)CCN1.COC(=O)[C@@]1(C)CCN1Cc1ccccc1.Cl. The monoisotopic (exact) mass is 599 g/mol. The second-order valence-electron chi connectivity index (χ2n) is 11.9. The maximum absolute atomic E-state index is 11.7. The maximum Gasteiger partial charge on any atom is 0.411 e. The Hall–Kier alpha value is -2.89. The number of benzene rings is 1. The Balaban J connectivity index is 0.000000315. The molecule has 0 aromatic heterocycles. The highest BCUT2D eigenvalue weighted by Gasteiger charge is 2.51. The molecule has 3 atom stereocenters. The van der Waals surface area contributed by atoms with E-state index in [1.807, 2.05) is 32.0 Å². The summed E-state index contributed by atoms with van der Waals surface area (Å²) in [6.45, 7) is 13.7. The van der Waals surface area contributed by atoms with Gasteiger partial charge < -0.3 is 24.6 Å². The van der Waals surface area contributed by atoms with E-state index in [0.717, 1.165) is 32.5 Å². The van der Waals surface area contributed by atoms with Crippen LogP contribution in [0.25, 0.3) is 0 Å². The molecule has 11 nitrogen and oxygen atoms in total. The molecule has 0 saturated carbocycles. The van der Waals surface area contributed by atoms with E-state index < -0.39 is 28.7 Å². The Bertz CT molecular complexity index is 1060. The van der Waals surface area contributed by atoms with Gasteiger partial charge in [-0.15, -0.1) is 12.4 Å². The molecule has 41 heavy (non-hydrogen) atoms. The second-order valence-corrected chi connectivity index (χ2v) is 11.9. The minimum Gasteiger partial charge on any atom is -0.480 e. The number of carbonyl (C=O) groups excluding carboxylic acids is 3. The molecule has 0 unspecified atom stereocenters. The minimum atomic E-state index is -1.09. The standard InChI is InChI=1S/C13H17NO2.C10H17NO4.C6H11NO2.ClH/c1-13(12(15)16-2)8-9-14(13)10-11-6-4-3-5-7-11;1-9(2,3)15-8(14)11-6-5-10(11,4)7(12)13;1-6(3-4-7-6)5(8)9-2;/h3-7H,8-10H2,1-2H3;5-6H2,1-4H3,(H,12,13);7H,3-4H2,1-2H3;1H/t13-;10-;6-;/m111./s1. The van der Waals surface area contributed by atoms with E-state index in [9.17, 15) is 19.2 Å². The van der Waals surface area contributed by atoms with Gasteiger partial charge in [0.05, 0.1) is 14.2 Å². The molecule has 232 valence electrons. The van der Waals surface area contributed by atoms with Gasteiger partial charge in [0.25, 0.3) is 0 Å². The lowest BCUT2D eigenvalue weighted by molar-refractivity contribution is -0.164. The van der Waals surface area contributed by atoms with Gasteiger partial charge in [-0.3, -0.25) is 19.4 Å². The first-order valence-electron chi connectivity index (χ1n) is 13.5. The third-order valence-electron chi connectivity index (χ3n) is 7.68. The molecule has 3 heterocycles. The Morgan fingerprint density at radius 3 is 1.76 bits per heavy atom. The molecule has 1 aromatic carbocycles. The first-order chi connectivity index (χ1) is 18.5. The van der Waals surface area contributed by atoms with Crippen LogP contribution in [0.15, 0.2) is 30.3 Å². The predicted octanol–water partition coefficient (Wildman–Crippen LogP) is 3.63. The molecule has 3 fully saturated rings. The van der Waals surface area contributed by atoms with Gasteiger partial charge in [-0.25, -0.2) is 9.59 Å². The number of likely N-dealkylation sites (tertiary alicyclic amines) is 2. The zero-order valence-corrected chi connectivity index (χ0v) is 26.3. The number of carboxylic acid groups (broad SMARTS) is 1. The third kappa shape index (κ3) is 8.80. The van der Waals surface area contributed by atoms with Crippen molar-refractivity contribution in [3.8, 4) is 0 Å². The zero-order valence-electron chi connectivity index (χ0n) is 25.4. The first kappa shape index (κ1) is 36.1. The van der Waals surface area contributed by atoms with Crippen LogP contribution in [0.5, 0.6) is 0 Å². The quantitative estimate of drug-likeness (QED) is 0.381. The van der Waals surface area contributed by atoms with Crippen molar-refractivity contribution in [1.29, 1.82) is 0 Å². The number of nitrogens with one attached hydrogen (secondary N) is 1. The molecule has 1 aromatic rings. The highest BCUT2D eigenvalue weighted by molar-refractivity contribution is 5.86. The van der Waals surface area contributed by atoms with Gasteiger partial charge in [0.2, 0.25) is 0 Å². The van der Waals surface area contributed by atoms with Crippen LogP contribution in [0.2, 0.25) is 0 Å². The number of aliphatic carboxylic acids is 1. The lowest BCUT2D eigenvalue weighted by Crippen LogP contribution is -2.65. The van der Waals surface area contributed by atoms with Crippen LogP contribution in [0.4, 0.5) is 4.79 Å². The van der Waals surface area contributed by atoms with Gasteiger partial charge in [-0.1, -0.05) is 30.3 Å². The number of amides is 1. The van der Waals surface area contributed by atoms with Crippen LogP contribution in [0.3, 0.4) is 0 Å². The zero-order chi connectivity index (χ0) is 30.4. The van der Waals surface area contributed by atoms with E-state index in [1.165, 1.54) is 31.6 Å². The van der Waals surface area contributed by atoms with Gasteiger partial charge in [0.15, 0.2) is 0 Å². The fourth-order valence-electron chi connectivity index (χ4n) is 4.40. The smallest absolute Gasteiger partial charge is 0.411 e. The van der Waals surface area contributed by atoms with Gasteiger partial charge in [-0.05, 0) is 72.9 Å². The van der Waals surface area contributed by atoms with E-state index in [2.05, 4.69) is 27.1 Å². The summed E-state index contributed by atoms with van der Waals surface area (Å²) in [6.07, 6.45) is 1.69. The number of hydrogen-bond acceptors (Lipinski definition) is 9. The number of hydrogen-bond donors (Lipinski definition) is 2. The highest BCUT2D eigenvalue weighted by atomic mass is 35.5. The van der Waals surface area contributed by atoms with Crippen molar-refractivity contribution >= 4 is 36.4 Å². The van der Waals surface area contributed by atoms with Crippen LogP contribution in [0.1, 0.15) is 66.4 Å². The molecular weight excluding hydrogens is 554 g/mol. The fourth-order valence-corrected chi connectivity index (χ4v) is 4.40. The lowest BCUT2D eigenvalue weighted by Gasteiger charge is -2.48. The number of carboxylic acids is 1. The first-order valence-corrected chi connectivity index (χ1v) is 13.5. The minimum absolute atomic E-state index is 0. The summed E-state index contributed by atoms with van der Waals surface area (Å²) in [5.41, 5.74) is -1.26. The molecule has 3 aliphatic rings.